The predicted octanol–water partition coefficient (Wildman–Crippen LogP) is 1.24. The van der Waals surface area contributed by atoms with E-state index in [-0.39, 0.29) is 29.5 Å². The van der Waals surface area contributed by atoms with Gasteiger partial charge in [-0.15, -0.1) is 0 Å². The van der Waals surface area contributed by atoms with Crippen LogP contribution < -0.4 is 21.7 Å². The molecule has 1 aromatic heterocycles. The second kappa shape index (κ2) is 12.1. The third kappa shape index (κ3) is 6.56. The third-order valence-electron chi connectivity index (χ3n) is 4.84. The zero-order valence-corrected chi connectivity index (χ0v) is 19.8. The fraction of sp³-hybridized carbons (Fsp3) is 0.217. The van der Waals surface area contributed by atoms with Gasteiger partial charge in [0, 0.05) is 24.2 Å². The van der Waals surface area contributed by atoms with Crippen LogP contribution in [0.1, 0.15) is 5.56 Å². The number of H-pyrrole nitrogens is 1. The lowest BCUT2D eigenvalue weighted by Crippen LogP contribution is -2.51. The second-order valence-corrected chi connectivity index (χ2v) is 7.84. The van der Waals surface area contributed by atoms with Gasteiger partial charge in [-0.05, 0) is 29.8 Å². The minimum atomic E-state index is -1.34. The minimum Gasteiger partial charge on any atom is -0.515 e. The summed E-state index contributed by atoms with van der Waals surface area (Å²) < 4.78 is 21.8. The number of nitrogens with zero attached hydrogens (tertiary/aromatic N) is 4. The summed E-state index contributed by atoms with van der Waals surface area (Å²) in [5, 5.41) is 28.2. The van der Waals surface area contributed by atoms with Crippen LogP contribution in [-0.2, 0) is 13.1 Å². The SMILES string of the molecule is C/N=C(\C=C/O)Oc1ccc(/N=c2\[nH]c(=O)n(C[C@H](O)CO)c(=O)n2Cc2ccc(Cl)cc2)cc1F. The molecule has 0 saturated heterocycles. The number of aliphatic hydroxyl groups excluding tert-OH is 3. The number of aliphatic hydroxyl groups is 3. The second-order valence-electron chi connectivity index (χ2n) is 7.40. The molecule has 0 unspecified atom stereocenters. The fourth-order valence-electron chi connectivity index (χ4n) is 3.08. The largest absolute Gasteiger partial charge is 0.515 e. The van der Waals surface area contributed by atoms with Crippen LogP contribution in [0.4, 0.5) is 10.1 Å². The molecule has 1 heterocycles. The molecule has 2 aromatic carbocycles. The Balaban J connectivity index is 2.11. The minimum absolute atomic E-state index is 0.0334. The van der Waals surface area contributed by atoms with Crippen molar-refractivity contribution in [2.75, 3.05) is 13.7 Å². The van der Waals surface area contributed by atoms with Gasteiger partial charge < -0.3 is 20.1 Å². The zero-order valence-electron chi connectivity index (χ0n) is 19.0. The van der Waals surface area contributed by atoms with E-state index in [4.69, 9.17) is 26.6 Å². The molecule has 0 spiro atoms. The molecule has 36 heavy (non-hydrogen) atoms. The third-order valence-corrected chi connectivity index (χ3v) is 5.09. The molecule has 0 bridgehead atoms. The van der Waals surface area contributed by atoms with Crippen LogP contribution in [0.3, 0.4) is 0 Å². The molecule has 0 aliphatic rings. The van der Waals surface area contributed by atoms with Crippen molar-refractivity contribution >= 4 is 23.2 Å². The number of ether oxygens (including phenoxy) is 1. The Morgan fingerprint density at radius 3 is 2.56 bits per heavy atom. The van der Waals surface area contributed by atoms with Crippen molar-refractivity contribution in [1.29, 1.82) is 0 Å². The van der Waals surface area contributed by atoms with Crippen molar-refractivity contribution in [2.24, 2.45) is 9.98 Å². The van der Waals surface area contributed by atoms with E-state index >= 15 is 0 Å². The van der Waals surface area contributed by atoms with Gasteiger partial charge in [0.15, 0.2) is 11.6 Å². The molecule has 4 N–H and O–H groups in total. The summed E-state index contributed by atoms with van der Waals surface area (Å²) in [6.45, 7) is -1.13. The topological polar surface area (TPSA) is 154 Å². The van der Waals surface area contributed by atoms with Gasteiger partial charge >= 0.3 is 11.4 Å². The van der Waals surface area contributed by atoms with Crippen molar-refractivity contribution in [3.8, 4) is 5.75 Å². The van der Waals surface area contributed by atoms with E-state index in [2.05, 4.69) is 15.0 Å². The lowest BCUT2D eigenvalue weighted by Gasteiger charge is -2.13. The average molecular weight is 520 g/mol. The van der Waals surface area contributed by atoms with Crippen LogP contribution in [0.5, 0.6) is 5.75 Å². The lowest BCUT2D eigenvalue weighted by molar-refractivity contribution is 0.0783. The van der Waals surface area contributed by atoms with Gasteiger partial charge in [-0.25, -0.2) is 23.5 Å². The average Bonchev–Trinajstić information content (AvgIpc) is 2.86. The first-order chi connectivity index (χ1) is 17.2. The highest BCUT2D eigenvalue weighted by Crippen LogP contribution is 2.23. The Morgan fingerprint density at radius 2 is 1.94 bits per heavy atom. The maximum absolute atomic E-state index is 14.6. The number of aliphatic imine (C=N–C) groups is 1. The van der Waals surface area contributed by atoms with Crippen molar-refractivity contribution in [2.45, 2.75) is 19.2 Å². The number of aromatic nitrogens is 3. The molecule has 0 radical (unpaired) electrons. The van der Waals surface area contributed by atoms with E-state index in [0.29, 0.717) is 16.8 Å². The molecule has 0 amide bonds. The summed E-state index contributed by atoms with van der Waals surface area (Å²) in [4.78, 5) is 36.2. The molecule has 0 aliphatic carbocycles. The summed E-state index contributed by atoms with van der Waals surface area (Å²) in [6.07, 6.45) is 0.487. The van der Waals surface area contributed by atoms with Gasteiger partial charge in [-0.2, -0.15) is 0 Å². The number of benzene rings is 2. The van der Waals surface area contributed by atoms with E-state index < -0.39 is 36.5 Å². The summed E-state index contributed by atoms with van der Waals surface area (Å²) in [5.74, 6) is -1.04. The first-order valence-electron chi connectivity index (χ1n) is 10.5. The summed E-state index contributed by atoms with van der Waals surface area (Å²) in [6, 6.07) is 10.3. The van der Waals surface area contributed by atoms with Crippen LogP contribution in [0.25, 0.3) is 0 Å². The zero-order chi connectivity index (χ0) is 26.2. The molecule has 0 fully saturated rings. The molecule has 190 valence electrons. The van der Waals surface area contributed by atoms with Crippen LogP contribution in [-0.4, -0.2) is 55.1 Å². The van der Waals surface area contributed by atoms with E-state index in [0.717, 1.165) is 21.3 Å². The number of rotatable bonds is 8. The van der Waals surface area contributed by atoms with E-state index in [1.165, 1.54) is 19.2 Å². The van der Waals surface area contributed by atoms with Gasteiger partial charge in [0.2, 0.25) is 11.5 Å². The van der Waals surface area contributed by atoms with Crippen molar-refractivity contribution in [3.05, 3.63) is 97.8 Å². The normalized spacial score (nSPS) is 13.4. The number of hydrogen-bond acceptors (Lipinski definition) is 8. The van der Waals surface area contributed by atoms with Crippen molar-refractivity contribution < 1.29 is 24.4 Å². The summed E-state index contributed by atoms with van der Waals surface area (Å²) in [5.41, 5.74) is -1.15. The summed E-state index contributed by atoms with van der Waals surface area (Å²) in [7, 11) is 1.40. The van der Waals surface area contributed by atoms with Crippen molar-refractivity contribution in [3.63, 3.8) is 0 Å². The molecule has 0 saturated carbocycles. The number of aromatic amines is 1. The van der Waals surface area contributed by atoms with Gasteiger partial charge in [0.25, 0.3) is 0 Å². The molecule has 3 aromatic rings. The number of hydrogen-bond donors (Lipinski definition) is 4. The van der Waals surface area contributed by atoms with E-state index in [9.17, 15) is 19.1 Å². The lowest BCUT2D eigenvalue weighted by atomic mass is 10.2. The fourth-order valence-corrected chi connectivity index (χ4v) is 3.21. The quantitative estimate of drug-likeness (QED) is 0.199. The van der Waals surface area contributed by atoms with Crippen molar-refractivity contribution in [1.82, 2.24) is 14.1 Å². The maximum atomic E-state index is 14.6. The summed E-state index contributed by atoms with van der Waals surface area (Å²) >= 11 is 5.93. The highest BCUT2D eigenvalue weighted by molar-refractivity contribution is 6.30. The Morgan fingerprint density at radius 1 is 1.22 bits per heavy atom. The van der Waals surface area contributed by atoms with Gasteiger partial charge in [-0.3, -0.25) is 14.5 Å². The first-order valence-corrected chi connectivity index (χ1v) is 10.9. The maximum Gasteiger partial charge on any atom is 0.335 e. The monoisotopic (exact) mass is 519 g/mol. The molecule has 1 atom stereocenters. The number of nitrogens with one attached hydrogen (secondary N) is 1. The van der Waals surface area contributed by atoms with Crippen LogP contribution in [0, 0.1) is 5.82 Å². The molecule has 0 aliphatic heterocycles. The van der Waals surface area contributed by atoms with Crippen LogP contribution in [0.2, 0.25) is 5.02 Å². The Bertz CT molecular complexity index is 1460. The Labute approximate surface area is 208 Å². The molecular weight excluding hydrogens is 497 g/mol. The highest BCUT2D eigenvalue weighted by atomic mass is 35.5. The predicted molar refractivity (Wildman–Crippen MR) is 130 cm³/mol. The van der Waals surface area contributed by atoms with Gasteiger partial charge in [0.05, 0.1) is 37.7 Å². The molecule has 11 nitrogen and oxygen atoms in total. The van der Waals surface area contributed by atoms with E-state index in [1.807, 2.05) is 0 Å². The van der Waals surface area contributed by atoms with E-state index in [1.54, 1.807) is 24.3 Å². The molecule has 3 rings (SSSR count). The smallest absolute Gasteiger partial charge is 0.335 e. The van der Waals surface area contributed by atoms with Crippen LogP contribution >= 0.6 is 11.6 Å². The highest BCUT2D eigenvalue weighted by Gasteiger charge is 2.14. The Kier molecular flexibility index (Phi) is 8.95. The molecular formula is C23H23ClFN5O6. The number of halogens is 2. The Hall–Kier alpha value is -4.00. The van der Waals surface area contributed by atoms with Gasteiger partial charge in [0.1, 0.15) is 0 Å². The first kappa shape index (κ1) is 26.6. The van der Waals surface area contributed by atoms with Gasteiger partial charge in [-0.1, -0.05) is 23.7 Å². The molecule has 13 heteroatoms. The van der Waals surface area contributed by atoms with Crippen LogP contribution in [0.15, 0.2) is 74.4 Å². The standard InChI is InChI=1S/C23H23ClFN5O6/c1-26-20(8-9-31)36-19-7-6-16(10-18(19)25)27-21-28-22(34)30(12-17(33)13-32)23(35)29(21)11-14-2-4-15(24)5-3-14/h2-10,17,31-33H,11-13H2,1H3,(H,27,28,34)/b9-8-,26-20+/t17-/m0/s1.